The zero-order valence-corrected chi connectivity index (χ0v) is 11.3. The molecule has 0 spiro atoms. The van der Waals surface area contributed by atoms with Crippen LogP contribution in [0.3, 0.4) is 0 Å². The molecule has 3 unspecified atom stereocenters. The first kappa shape index (κ1) is 12.9. The lowest BCUT2D eigenvalue weighted by molar-refractivity contribution is 0.628. The molecule has 0 radical (unpaired) electrons. The van der Waals surface area contributed by atoms with Crippen molar-refractivity contribution in [2.45, 2.75) is 36.5 Å². The Hall–Kier alpha value is -0.190. The van der Waals surface area contributed by atoms with E-state index in [4.69, 9.17) is 5.73 Å². The quantitative estimate of drug-likeness (QED) is 0.926. The summed E-state index contributed by atoms with van der Waals surface area (Å²) in [5.74, 6) is 0. The summed E-state index contributed by atoms with van der Waals surface area (Å²) in [5, 5.41) is 0.0966. The third-order valence-electron chi connectivity index (χ3n) is 2.10. The van der Waals surface area contributed by atoms with Gasteiger partial charge in [0.05, 0.1) is 10.8 Å². The van der Waals surface area contributed by atoms with Crippen molar-refractivity contribution in [3.05, 3.63) is 28.7 Å². The Morgan fingerprint density at radius 2 is 2.13 bits per heavy atom. The molecule has 0 amide bonds. The fourth-order valence-corrected chi connectivity index (χ4v) is 3.38. The van der Waals surface area contributed by atoms with Crippen LogP contribution in [0.15, 0.2) is 33.6 Å². The molecule has 1 rings (SSSR count). The first-order valence-electron chi connectivity index (χ1n) is 4.92. The molecule has 0 saturated carbocycles. The summed E-state index contributed by atoms with van der Waals surface area (Å²) in [6.07, 6.45) is 0.777. The third-order valence-corrected chi connectivity index (χ3v) is 4.23. The molecule has 0 aliphatic carbocycles. The first-order chi connectivity index (χ1) is 7.00. The summed E-state index contributed by atoms with van der Waals surface area (Å²) in [5.41, 5.74) is 5.70. The average molecular weight is 290 g/mol. The summed E-state index contributed by atoms with van der Waals surface area (Å²) >= 11 is 3.37. The molecule has 2 N–H and O–H groups in total. The number of hydrogen-bond acceptors (Lipinski definition) is 2. The highest BCUT2D eigenvalue weighted by Gasteiger charge is 2.14. The largest absolute Gasteiger partial charge is 0.328 e. The average Bonchev–Trinajstić information content (AvgIpc) is 2.15. The first-order valence-corrected chi connectivity index (χ1v) is 6.93. The van der Waals surface area contributed by atoms with Crippen molar-refractivity contribution < 1.29 is 4.21 Å². The van der Waals surface area contributed by atoms with Gasteiger partial charge in [-0.05, 0) is 31.5 Å². The number of benzene rings is 1. The SMILES string of the molecule is CC(N)CC(C)S(=O)c1cccc(Br)c1. The molecule has 0 aliphatic rings. The van der Waals surface area contributed by atoms with E-state index >= 15 is 0 Å². The Bertz CT molecular complexity index is 354. The molecule has 1 aromatic carbocycles. The topological polar surface area (TPSA) is 43.1 Å². The molecule has 0 bridgehead atoms. The van der Waals surface area contributed by atoms with E-state index in [9.17, 15) is 4.21 Å². The van der Waals surface area contributed by atoms with E-state index in [1.807, 2.05) is 38.1 Å². The normalized spacial score (nSPS) is 17.1. The second-order valence-electron chi connectivity index (χ2n) is 3.78. The van der Waals surface area contributed by atoms with Gasteiger partial charge >= 0.3 is 0 Å². The standard InChI is InChI=1S/C11H16BrNOS/c1-8(13)6-9(2)15(14)11-5-3-4-10(12)7-11/h3-5,7-9H,6,13H2,1-2H3. The van der Waals surface area contributed by atoms with Gasteiger partial charge in [-0.1, -0.05) is 28.9 Å². The zero-order chi connectivity index (χ0) is 11.4. The molecule has 0 saturated heterocycles. The van der Waals surface area contributed by atoms with Gasteiger partial charge in [-0.15, -0.1) is 0 Å². The number of rotatable bonds is 4. The molecule has 3 atom stereocenters. The summed E-state index contributed by atoms with van der Waals surface area (Å²) in [4.78, 5) is 0.859. The number of halogens is 1. The van der Waals surface area contributed by atoms with Crippen LogP contribution in [0.25, 0.3) is 0 Å². The van der Waals surface area contributed by atoms with Crippen LogP contribution in [0.2, 0.25) is 0 Å². The Morgan fingerprint density at radius 1 is 1.47 bits per heavy atom. The van der Waals surface area contributed by atoms with Gasteiger partial charge in [-0.3, -0.25) is 4.21 Å². The zero-order valence-electron chi connectivity index (χ0n) is 8.94. The van der Waals surface area contributed by atoms with Gasteiger partial charge in [0.1, 0.15) is 0 Å². The van der Waals surface area contributed by atoms with Crippen molar-refractivity contribution >= 4 is 26.7 Å². The van der Waals surface area contributed by atoms with Crippen LogP contribution >= 0.6 is 15.9 Å². The van der Waals surface area contributed by atoms with E-state index in [1.165, 1.54) is 0 Å². The highest BCUT2D eigenvalue weighted by molar-refractivity contribution is 9.10. The maximum atomic E-state index is 12.1. The van der Waals surface area contributed by atoms with Gasteiger partial charge in [0.15, 0.2) is 0 Å². The fourth-order valence-electron chi connectivity index (χ4n) is 1.44. The van der Waals surface area contributed by atoms with Crippen molar-refractivity contribution in [3.8, 4) is 0 Å². The van der Waals surface area contributed by atoms with E-state index in [1.54, 1.807) is 0 Å². The highest BCUT2D eigenvalue weighted by Crippen LogP contribution is 2.18. The molecular weight excluding hydrogens is 274 g/mol. The highest BCUT2D eigenvalue weighted by atomic mass is 79.9. The third kappa shape index (κ3) is 4.05. The molecule has 2 nitrogen and oxygen atoms in total. The van der Waals surface area contributed by atoms with E-state index in [-0.39, 0.29) is 11.3 Å². The summed E-state index contributed by atoms with van der Waals surface area (Å²) in [6.45, 7) is 3.91. The lowest BCUT2D eigenvalue weighted by atomic mass is 10.2. The van der Waals surface area contributed by atoms with Crippen molar-refractivity contribution in [3.63, 3.8) is 0 Å². The van der Waals surface area contributed by atoms with E-state index in [0.717, 1.165) is 15.8 Å². The maximum Gasteiger partial charge on any atom is 0.0559 e. The predicted octanol–water partition coefficient (Wildman–Crippen LogP) is 2.68. The van der Waals surface area contributed by atoms with Crippen molar-refractivity contribution in [2.24, 2.45) is 5.73 Å². The van der Waals surface area contributed by atoms with Crippen LogP contribution < -0.4 is 5.73 Å². The Balaban J connectivity index is 2.76. The molecule has 15 heavy (non-hydrogen) atoms. The van der Waals surface area contributed by atoms with Gasteiger partial charge in [0, 0.05) is 20.7 Å². The monoisotopic (exact) mass is 289 g/mol. The summed E-state index contributed by atoms with van der Waals surface area (Å²) in [6, 6.07) is 7.70. The van der Waals surface area contributed by atoms with Crippen LogP contribution in [-0.4, -0.2) is 15.5 Å². The van der Waals surface area contributed by atoms with Gasteiger partial charge in [0.25, 0.3) is 0 Å². The minimum absolute atomic E-state index is 0.0936. The lowest BCUT2D eigenvalue weighted by Gasteiger charge is -2.13. The molecule has 0 fully saturated rings. The second-order valence-corrected chi connectivity index (χ2v) is 6.57. The molecule has 84 valence electrons. The van der Waals surface area contributed by atoms with Gasteiger partial charge in [-0.2, -0.15) is 0 Å². The van der Waals surface area contributed by atoms with Gasteiger partial charge < -0.3 is 5.73 Å². The fraction of sp³-hybridized carbons (Fsp3) is 0.455. The minimum atomic E-state index is -0.969. The molecule has 1 aromatic rings. The van der Waals surface area contributed by atoms with Gasteiger partial charge in [0.2, 0.25) is 0 Å². The van der Waals surface area contributed by atoms with Crippen LogP contribution in [0.4, 0.5) is 0 Å². The smallest absolute Gasteiger partial charge is 0.0559 e. The number of nitrogens with two attached hydrogens (primary N) is 1. The minimum Gasteiger partial charge on any atom is -0.328 e. The van der Waals surface area contributed by atoms with Crippen LogP contribution in [0, 0.1) is 0 Å². The maximum absolute atomic E-state index is 12.1. The summed E-state index contributed by atoms with van der Waals surface area (Å²) < 4.78 is 13.0. The molecule has 0 aliphatic heterocycles. The van der Waals surface area contributed by atoms with Crippen molar-refractivity contribution in [1.82, 2.24) is 0 Å². The molecular formula is C11H16BrNOS. The molecule has 4 heteroatoms. The second kappa shape index (κ2) is 5.77. The lowest BCUT2D eigenvalue weighted by Crippen LogP contribution is -2.24. The Labute approximate surface area is 102 Å². The van der Waals surface area contributed by atoms with Crippen LogP contribution in [0.5, 0.6) is 0 Å². The van der Waals surface area contributed by atoms with Crippen LogP contribution in [0.1, 0.15) is 20.3 Å². The number of hydrogen-bond donors (Lipinski definition) is 1. The predicted molar refractivity (Wildman–Crippen MR) is 68.3 cm³/mol. The Kier molecular flexibility index (Phi) is 4.96. The van der Waals surface area contributed by atoms with E-state index in [0.29, 0.717) is 0 Å². The van der Waals surface area contributed by atoms with E-state index in [2.05, 4.69) is 15.9 Å². The van der Waals surface area contributed by atoms with E-state index < -0.39 is 10.8 Å². The molecule has 0 heterocycles. The van der Waals surface area contributed by atoms with Gasteiger partial charge in [-0.25, -0.2) is 0 Å². The Morgan fingerprint density at radius 3 is 2.67 bits per heavy atom. The van der Waals surface area contributed by atoms with Crippen molar-refractivity contribution in [2.75, 3.05) is 0 Å². The summed E-state index contributed by atoms with van der Waals surface area (Å²) in [7, 11) is -0.969. The van der Waals surface area contributed by atoms with Crippen LogP contribution in [-0.2, 0) is 10.8 Å². The van der Waals surface area contributed by atoms with Crippen molar-refractivity contribution in [1.29, 1.82) is 0 Å². The molecule has 0 aromatic heterocycles.